The summed E-state index contributed by atoms with van der Waals surface area (Å²) in [6.45, 7) is 7.33. The van der Waals surface area contributed by atoms with E-state index in [1.54, 1.807) is 7.11 Å². The second-order valence-corrected chi connectivity index (χ2v) is 4.75. The van der Waals surface area contributed by atoms with E-state index >= 15 is 0 Å². The predicted molar refractivity (Wildman–Crippen MR) is 79.1 cm³/mol. The van der Waals surface area contributed by atoms with E-state index in [0.29, 0.717) is 24.9 Å². The first kappa shape index (κ1) is 16.3. The van der Waals surface area contributed by atoms with Crippen molar-refractivity contribution in [3.8, 4) is 11.5 Å². The van der Waals surface area contributed by atoms with E-state index in [4.69, 9.17) is 9.47 Å². The Labute approximate surface area is 120 Å². The number of nitrogens with one attached hydrogen (secondary N) is 2. The summed E-state index contributed by atoms with van der Waals surface area (Å²) >= 11 is 0. The number of benzene rings is 1. The van der Waals surface area contributed by atoms with Gasteiger partial charge >= 0.3 is 0 Å². The molecule has 0 aliphatic heterocycles. The van der Waals surface area contributed by atoms with Crippen LogP contribution in [0.5, 0.6) is 11.5 Å². The van der Waals surface area contributed by atoms with Gasteiger partial charge in [0.2, 0.25) is 0 Å². The molecule has 0 aliphatic carbocycles. The molecule has 0 atom stereocenters. The van der Waals surface area contributed by atoms with Crippen LogP contribution in [0.15, 0.2) is 18.2 Å². The van der Waals surface area contributed by atoms with Crippen LogP contribution in [0.4, 0.5) is 0 Å². The van der Waals surface area contributed by atoms with E-state index in [0.717, 1.165) is 11.3 Å². The Morgan fingerprint density at radius 2 is 2.10 bits per heavy atom. The summed E-state index contributed by atoms with van der Waals surface area (Å²) < 4.78 is 10.8. The third-order valence-corrected chi connectivity index (χ3v) is 2.70. The van der Waals surface area contributed by atoms with Crippen LogP contribution >= 0.6 is 0 Å². The Morgan fingerprint density at radius 1 is 1.35 bits per heavy atom. The van der Waals surface area contributed by atoms with Crippen LogP contribution in [0.25, 0.3) is 0 Å². The molecule has 1 aromatic carbocycles. The molecule has 20 heavy (non-hydrogen) atoms. The van der Waals surface area contributed by atoms with Crippen molar-refractivity contribution < 1.29 is 14.3 Å². The van der Waals surface area contributed by atoms with Crippen molar-refractivity contribution in [3.05, 3.63) is 23.8 Å². The van der Waals surface area contributed by atoms with Crippen molar-refractivity contribution in [1.29, 1.82) is 0 Å². The molecule has 0 saturated heterocycles. The second kappa shape index (κ2) is 8.43. The summed E-state index contributed by atoms with van der Waals surface area (Å²) in [5, 5.41) is 6.03. The minimum Gasteiger partial charge on any atom is -0.497 e. The number of rotatable bonds is 8. The Morgan fingerprint density at radius 3 is 2.70 bits per heavy atom. The number of amides is 1. The molecule has 5 heteroatoms. The van der Waals surface area contributed by atoms with Crippen molar-refractivity contribution in [3.63, 3.8) is 0 Å². The van der Waals surface area contributed by atoms with Gasteiger partial charge in [0.15, 0.2) is 6.61 Å². The smallest absolute Gasteiger partial charge is 0.257 e. The van der Waals surface area contributed by atoms with Gasteiger partial charge in [0.25, 0.3) is 5.91 Å². The van der Waals surface area contributed by atoms with Gasteiger partial charge in [0, 0.05) is 24.7 Å². The van der Waals surface area contributed by atoms with E-state index in [-0.39, 0.29) is 12.5 Å². The highest BCUT2D eigenvalue weighted by molar-refractivity contribution is 5.77. The molecule has 0 unspecified atom stereocenters. The molecule has 112 valence electrons. The Hall–Kier alpha value is -1.75. The van der Waals surface area contributed by atoms with Crippen molar-refractivity contribution in [1.82, 2.24) is 10.6 Å². The van der Waals surface area contributed by atoms with Crippen LogP contribution in [0.3, 0.4) is 0 Å². The minimum absolute atomic E-state index is 0.0227. The standard InChI is InChI=1S/C15H24N2O3/c1-5-16-15(18)10-20-14-7-6-13(19-4)8-12(14)9-17-11(2)3/h6-8,11,17H,5,9-10H2,1-4H3,(H,16,18). The first-order chi connectivity index (χ1) is 9.56. The van der Waals surface area contributed by atoms with Crippen molar-refractivity contribution in [2.24, 2.45) is 0 Å². The summed E-state index contributed by atoms with van der Waals surface area (Å²) in [5.74, 6) is 1.35. The molecule has 5 nitrogen and oxygen atoms in total. The van der Waals surface area contributed by atoms with Gasteiger partial charge in [-0.3, -0.25) is 4.79 Å². The lowest BCUT2D eigenvalue weighted by Crippen LogP contribution is -2.29. The molecule has 0 aromatic heterocycles. The molecule has 0 fully saturated rings. The number of ether oxygens (including phenoxy) is 2. The minimum atomic E-state index is -0.119. The summed E-state index contributed by atoms with van der Waals surface area (Å²) in [6.07, 6.45) is 0. The summed E-state index contributed by atoms with van der Waals surface area (Å²) in [5.41, 5.74) is 0.974. The fourth-order valence-corrected chi connectivity index (χ4v) is 1.67. The van der Waals surface area contributed by atoms with Gasteiger partial charge in [-0.25, -0.2) is 0 Å². The third-order valence-electron chi connectivity index (χ3n) is 2.70. The summed E-state index contributed by atoms with van der Waals surface area (Å²) in [4.78, 5) is 11.4. The highest BCUT2D eigenvalue weighted by atomic mass is 16.5. The normalized spacial score (nSPS) is 10.4. The maximum atomic E-state index is 11.4. The third kappa shape index (κ3) is 5.48. The Balaban J connectivity index is 2.74. The maximum Gasteiger partial charge on any atom is 0.257 e. The molecule has 0 radical (unpaired) electrons. The molecular formula is C15H24N2O3. The van der Waals surface area contributed by atoms with E-state index in [9.17, 15) is 4.79 Å². The molecule has 1 amide bonds. The SMILES string of the molecule is CCNC(=O)COc1ccc(OC)cc1CNC(C)C. The quantitative estimate of drug-likeness (QED) is 0.761. The van der Waals surface area contributed by atoms with Gasteiger partial charge in [-0.1, -0.05) is 13.8 Å². The zero-order valence-electron chi connectivity index (χ0n) is 12.7. The van der Waals surface area contributed by atoms with E-state index in [2.05, 4.69) is 24.5 Å². The van der Waals surface area contributed by atoms with E-state index in [1.165, 1.54) is 0 Å². The Kier molecular flexibility index (Phi) is 6.87. The topological polar surface area (TPSA) is 59.6 Å². The molecule has 0 spiro atoms. The lowest BCUT2D eigenvalue weighted by atomic mass is 10.1. The largest absolute Gasteiger partial charge is 0.497 e. The van der Waals surface area contributed by atoms with Gasteiger partial charge in [-0.15, -0.1) is 0 Å². The average molecular weight is 280 g/mol. The fourth-order valence-electron chi connectivity index (χ4n) is 1.67. The molecule has 1 rings (SSSR count). The number of hydrogen-bond acceptors (Lipinski definition) is 4. The van der Waals surface area contributed by atoms with Crippen molar-refractivity contribution in [2.45, 2.75) is 33.4 Å². The monoisotopic (exact) mass is 280 g/mol. The van der Waals surface area contributed by atoms with Crippen molar-refractivity contribution in [2.75, 3.05) is 20.3 Å². The van der Waals surface area contributed by atoms with E-state index < -0.39 is 0 Å². The first-order valence-corrected chi connectivity index (χ1v) is 6.86. The van der Waals surface area contributed by atoms with Crippen LogP contribution in [0.1, 0.15) is 26.3 Å². The van der Waals surface area contributed by atoms with Crippen LogP contribution in [0.2, 0.25) is 0 Å². The predicted octanol–water partition coefficient (Wildman–Crippen LogP) is 1.71. The fraction of sp³-hybridized carbons (Fsp3) is 0.533. The lowest BCUT2D eigenvalue weighted by Gasteiger charge is -2.14. The van der Waals surface area contributed by atoms with Gasteiger partial charge < -0.3 is 20.1 Å². The number of methoxy groups -OCH3 is 1. The molecule has 0 bridgehead atoms. The molecular weight excluding hydrogens is 256 g/mol. The van der Waals surface area contributed by atoms with Crippen LogP contribution < -0.4 is 20.1 Å². The first-order valence-electron chi connectivity index (χ1n) is 6.86. The van der Waals surface area contributed by atoms with Crippen molar-refractivity contribution >= 4 is 5.91 Å². The van der Waals surface area contributed by atoms with Crippen LogP contribution in [-0.4, -0.2) is 32.2 Å². The summed E-state index contributed by atoms with van der Waals surface area (Å²) in [6, 6.07) is 5.95. The van der Waals surface area contributed by atoms with Crippen LogP contribution in [0, 0.1) is 0 Å². The highest BCUT2D eigenvalue weighted by Gasteiger charge is 2.08. The second-order valence-electron chi connectivity index (χ2n) is 4.75. The van der Waals surface area contributed by atoms with Gasteiger partial charge in [0.1, 0.15) is 11.5 Å². The summed E-state index contributed by atoms with van der Waals surface area (Å²) in [7, 11) is 1.63. The average Bonchev–Trinajstić information content (AvgIpc) is 2.43. The molecule has 2 N–H and O–H groups in total. The van der Waals surface area contributed by atoms with E-state index in [1.807, 2.05) is 25.1 Å². The number of carbonyl (C=O) groups is 1. The zero-order chi connectivity index (χ0) is 15.0. The van der Waals surface area contributed by atoms with Gasteiger partial charge in [0.05, 0.1) is 7.11 Å². The zero-order valence-corrected chi connectivity index (χ0v) is 12.7. The van der Waals surface area contributed by atoms with Crippen LogP contribution in [-0.2, 0) is 11.3 Å². The molecule has 0 aliphatic rings. The number of carbonyl (C=O) groups excluding carboxylic acids is 1. The molecule has 0 saturated carbocycles. The maximum absolute atomic E-state index is 11.4. The van der Waals surface area contributed by atoms with Gasteiger partial charge in [-0.2, -0.15) is 0 Å². The molecule has 1 aromatic rings. The number of likely N-dealkylation sites (N-methyl/N-ethyl adjacent to an activating group) is 1. The van der Waals surface area contributed by atoms with Gasteiger partial charge in [-0.05, 0) is 25.1 Å². The number of hydrogen-bond donors (Lipinski definition) is 2. The molecule has 0 heterocycles. The Bertz CT molecular complexity index is 433. The highest BCUT2D eigenvalue weighted by Crippen LogP contribution is 2.24. The lowest BCUT2D eigenvalue weighted by molar-refractivity contribution is -0.122.